The van der Waals surface area contributed by atoms with Gasteiger partial charge in [0.1, 0.15) is 11.5 Å². The summed E-state index contributed by atoms with van der Waals surface area (Å²) in [7, 11) is 3.22. The molecule has 0 aliphatic heterocycles. The van der Waals surface area contributed by atoms with Crippen LogP contribution in [-0.4, -0.2) is 26.2 Å². The quantitative estimate of drug-likeness (QED) is 0.387. The highest BCUT2D eigenvalue weighted by molar-refractivity contribution is 14.0. The van der Waals surface area contributed by atoms with Crippen molar-refractivity contribution in [1.82, 2.24) is 0 Å². The van der Waals surface area contributed by atoms with Crippen LogP contribution in [0.5, 0.6) is 11.5 Å². The lowest BCUT2D eigenvalue weighted by atomic mass is 10.1. The van der Waals surface area contributed by atoms with E-state index in [1.165, 1.54) is 5.56 Å². The van der Waals surface area contributed by atoms with Crippen LogP contribution in [0.4, 0.5) is 5.69 Å². The van der Waals surface area contributed by atoms with Gasteiger partial charge in [-0.15, -0.1) is 24.0 Å². The number of hydrogen-bond acceptors (Lipinski definition) is 3. The number of nitrogens with one attached hydrogen (secondary N) is 1. The zero-order valence-electron chi connectivity index (χ0n) is 14.0. The molecule has 0 spiro atoms. The maximum Gasteiger partial charge on any atom is 0.193 e. The number of hydrogen-bond donors (Lipinski definition) is 2. The van der Waals surface area contributed by atoms with Crippen LogP contribution in [0, 0.1) is 0 Å². The molecule has 0 bridgehead atoms. The normalized spacial score (nSPS) is 18.9. The molecule has 2 aromatic rings. The summed E-state index contributed by atoms with van der Waals surface area (Å²) in [6.07, 6.45) is 0.970. The monoisotopic (exact) mass is 473 g/mol. The maximum atomic E-state index is 6.05. The Morgan fingerprint density at radius 3 is 2.68 bits per heavy atom. The first-order valence-corrected chi connectivity index (χ1v) is 8.06. The van der Waals surface area contributed by atoms with Gasteiger partial charge in [0.05, 0.1) is 25.9 Å². The molecule has 0 amide bonds. The van der Waals surface area contributed by atoms with Crippen molar-refractivity contribution in [1.29, 1.82) is 0 Å². The summed E-state index contributed by atoms with van der Waals surface area (Å²) in [4.78, 5) is 4.55. The van der Waals surface area contributed by atoms with Gasteiger partial charge in [0.2, 0.25) is 0 Å². The molecule has 1 fully saturated rings. The second-order valence-corrected chi connectivity index (χ2v) is 6.11. The van der Waals surface area contributed by atoms with Gasteiger partial charge in [-0.25, -0.2) is 4.99 Å². The molecule has 0 aromatic heterocycles. The Bertz CT molecular complexity index is 770. The van der Waals surface area contributed by atoms with Crippen molar-refractivity contribution >= 4 is 47.2 Å². The molecule has 1 aliphatic rings. The van der Waals surface area contributed by atoms with E-state index < -0.39 is 0 Å². The first-order valence-electron chi connectivity index (χ1n) is 7.68. The van der Waals surface area contributed by atoms with Gasteiger partial charge in [0, 0.05) is 17.0 Å². The summed E-state index contributed by atoms with van der Waals surface area (Å²) >= 11 is 6.04. The Hall–Kier alpha value is -1.67. The standard InChI is InChI=1S/C18H20ClN3O2.HI/c1-23-13-6-7-17(24-2)16(9-13)22-18(20)21-15-10-14(15)11-4-3-5-12(19)8-11;/h3-9,14-15H,10H2,1-2H3,(H3,20,21,22);1H/t14-,15+;/m0./s1. The molecule has 25 heavy (non-hydrogen) atoms. The molecule has 3 N–H and O–H groups in total. The third-order valence-electron chi connectivity index (χ3n) is 4.01. The molecule has 5 nitrogen and oxygen atoms in total. The van der Waals surface area contributed by atoms with Gasteiger partial charge in [-0.2, -0.15) is 0 Å². The van der Waals surface area contributed by atoms with Crippen molar-refractivity contribution in [2.24, 2.45) is 10.7 Å². The predicted octanol–water partition coefficient (Wildman–Crippen LogP) is 4.26. The van der Waals surface area contributed by atoms with Gasteiger partial charge in [0.15, 0.2) is 5.96 Å². The van der Waals surface area contributed by atoms with E-state index >= 15 is 0 Å². The number of halogens is 2. The smallest absolute Gasteiger partial charge is 0.193 e. The highest BCUT2D eigenvalue weighted by atomic mass is 127. The Labute approximate surface area is 169 Å². The SMILES string of the molecule is COc1ccc(OC)c(NC(N)=N[C@@H]2C[C@H]2c2cccc(Cl)c2)c1.I. The van der Waals surface area contributed by atoms with E-state index in [9.17, 15) is 0 Å². The number of guanidine groups is 1. The van der Waals surface area contributed by atoms with Gasteiger partial charge in [-0.05, 0) is 36.2 Å². The topological polar surface area (TPSA) is 68.9 Å². The number of nitrogens with two attached hydrogens (primary N) is 1. The van der Waals surface area contributed by atoms with Gasteiger partial charge in [-0.3, -0.25) is 0 Å². The number of aliphatic imine (C=N–C) groups is 1. The van der Waals surface area contributed by atoms with E-state index in [0.29, 0.717) is 23.4 Å². The Morgan fingerprint density at radius 1 is 1.20 bits per heavy atom. The van der Waals surface area contributed by atoms with Gasteiger partial charge < -0.3 is 20.5 Å². The lowest BCUT2D eigenvalue weighted by Gasteiger charge is -2.12. The van der Waals surface area contributed by atoms with Crippen molar-refractivity contribution in [2.75, 3.05) is 19.5 Å². The van der Waals surface area contributed by atoms with Crippen LogP contribution in [0.3, 0.4) is 0 Å². The van der Waals surface area contributed by atoms with E-state index in [1.807, 2.05) is 36.4 Å². The Kier molecular flexibility index (Phi) is 6.78. The fraction of sp³-hybridized carbons (Fsp3) is 0.278. The Morgan fingerprint density at radius 2 is 2.00 bits per heavy atom. The fourth-order valence-corrected chi connectivity index (χ4v) is 2.88. The van der Waals surface area contributed by atoms with E-state index in [1.54, 1.807) is 14.2 Å². The minimum atomic E-state index is 0. The minimum Gasteiger partial charge on any atom is -0.497 e. The lowest BCUT2D eigenvalue weighted by Crippen LogP contribution is -2.23. The number of benzene rings is 2. The van der Waals surface area contributed by atoms with Crippen LogP contribution >= 0.6 is 35.6 Å². The molecule has 1 aliphatic carbocycles. The van der Waals surface area contributed by atoms with Crippen LogP contribution in [0.25, 0.3) is 0 Å². The van der Waals surface area contributed by atoms with Crippen molar-refractivity contribution < 1.29 is 9.47 Å². The molecule has 1 saturated carbocycles. The summed E-state index contributed by atoms with van der Waals surface area (Å²) in [6, 6.07) is 13.5. The highest BCUT2D eigenvalue weighted by Gasteiger charge is 2.38. The maximum absolute atomic E-state index is 6.05. The summed E-state index contributed by atoms with van der Waals surface area (Å²) in [6.45, 7) is 0. The van der Waals surface area contributed by atoms with Gasteiger partial charge in [-0.1, -0.05) is 23.7 Å². The molecule has 0 unspecified atom stereocenters. The van der Waals surface area contributed by atoms with E-state index in [4.69, 9.17) is 26.8 Å². The number of ether oxygens (including phenoxy) is 2. The molecule has 134 valence electrons. The number of nitrogens with zero attached hydrogens (tertiary/aromatic N) is 1. The summed E-state index contributed by atoms with van der Waals surface area (Å²) < 4.78 is 10.6. The van der Waals surface area contributed by atoms with Crippen molar-refractivity contribution in [3.05, 3.63) is 53.1 Å². The van der Waals surface area contributed by atoms with Crippen LogP contribution in [0.15, 0.2) is 47.5 Å². The van der Waals surface area contributed by atoms with E-state index in [0.717, 1.165) is 17.1 Å². The van der Waals surface area contributed by atoms with Crippen LogP contribution < -0.4 is 20.5 Å². The zero-order chi connectivity index (χ0) is 17.1. The van der Waals surface area contributed by atoms with E-state index in [2.05, 4.69) is 16.4 Å². The first-order chi connectivity index (χ1) is 11.6. The second-order valence-electron chi connectivity index (χ2n) is 5.67. The highest BCUT2D eigenvalue weighted by Crippen LogP contribution is 2.44. The molecule has 0 saturated heterocycles. The first kappa shape index (κ1) is 19.7. The molecule has 0 radical (unpaired) electrons. The molecule has 2 atom stereocenters. The van der Waals surface area contributed by atoms with Crippen LogP contribution in [-0.2, 0) is 0 Å². The lowest BCUT2D eigenvalue weighted by molar-refractivity contribution is 0.405. The molecule has 2 aromatic carbocycles. The fourth-order valence-electron chi connectivity index (χ4n) is 2.68. The number of anilines is 1. The minimum absolute atomic E-state index is 0. The summed E-state index contributed by atoms with van der Waals surface area (Å²) in [5, 5.41) is 3.83. The molecular formula is C18H21ClIN3O2. The van der Waals surface area contributed by atoms with E-state index in [-0.39, 0.29) is 30.0 Å². The number of methoxy groups -OCH3 is 2. The van der Waals surface area contributed by atoms with Gasteiger partial charge >= 0.3 is 0 Å². The summed E-state index contributed by atoms with van der Waals surface area (Å²) in [5.74, 6) is 2.12. The van der Waals surface area contributed by atoms with Crippen LogP contribution in [0.1, 0.15) is 17.9 Å². The van der Waals surface area contributed by atoms with Crippen molar-refractivity contribution in [2.45, 2.75) is 18.4 Å². The third-order valence-corrected chi connectivity index (χ3v) is 4.24. The van der Waals surface area contributed by atoms with Crippen molar-refractivity contribution in [3.63, 3.8) is 0 Å². The van der Waals surface area contributed by atoms with Crippen molar-refractivity contribution in [3.8, 4) is 11.5 Å². The largest absolute Gasteiger partial charge is 0.497 e. The van der Waals surface area contributed by atoms with Crippen LogP contribution in [0.2, 0.25) is 5.02 Å². The second kappa shape index (κ2) is 8.62. The Balaban J connectivity index is 0.00000225. The zero-order valence-corrected chi connectivity index (χ0v) is 17.1. The van der Waals surface area contributed by atoms with Gasteiger partial charge in [0.25, 0.3) is 0 Å². The average molecular weight is 474 g/mol. The average Bonchev–Trinajstić information content (AvgIpc) is 3.33. The third kappa shape index (κ3) is 4.92. The molecule has 0 heterocycles. The molecular weight excluding hydrogens is 453 g/mol. The number of rotatable bonds is 5. The summed E-state index contributed by atoms with van der Waals surface area (Å²) in [5.41, 5.74) is 7.97. The molecule has 7 heteroatoms. The predicted molar refractivity (Wildman–Crippen MR) is 113 cm³/mol. The molecule has 3 rings (SSSR count).